The highest BCUT2D eigenvalue weighted by Gasteiger charge is 2.14. The van der Waals surface area contributed by atoms with Crippen LogP contribution in [0.4, 0.5) is 10.1 Å². The molecule has 0 aliphatic heterocycles. The highest BCUT2D eigenvalue weighted by Crippen LogP contribution is 2.19. The maximum absolute atomic E-state index is 13.1. The van der Waals surface area contributed by atoms with Crippen LogP contribution in [0.5, 0.6) is 0 Å². The van der Waals surface area contributed by atoms with E-state index in [4.69, 9.17) is 0 Å². The van der Waals surface area contributed by atoms with E-state index in [-0.39, 0.29) is 11.7 Å². The standard InChI is InChI=1S/C12H17FN2O2S/c1-3-18-8-9(2)14-7-10-6-11(13)4-5-12(10)15(16)17/h4-6,9,14H,3,7-8H2,1-2H3. The van der Waals surface area contributed by atoms with Crippen molar-refractivity contribution < 1.29 is 9.31 Å². The molecule has 1 unspecified atom stereocenters. The molecule has 1 aromatic rings. The summed E-state index contributed by atoms with van der Waals surface area (Å²) in [5.74, 6) is 1.51. The number of nitrogens with zero attached hydrogens (tertiary/aromatic N) is 1. The van der Waals surface area contributed by atoms with Crippen LogP contribution in [0.1, 0.15) is 19.4 Å². The monoisotopic (exact) mass is 272 g/mol. The molecule has 0 heterocycles. The molecule has 0 spiro atoms. The van der Waals surface area contributed by atoms with Gasteiger partial charge in [0.05, 0.1) is 4.92 Å². The van der Waals surface area contributed by atoms with Crippen molar-refractivity contribution >= 4 is 17.4 Å². The normalized spacial score (nSPS) is 12.4. The topological polar surface area (TPSA) is 55.2 Å². The molecule has 100 valence electrons. The van der Waals surface area contributed by atoms with Crippen molar-refractivity contribution in [3.63, 3.8) is 0 Å². The first-order chi connectivity index (χ1) is 8.54. The van der Waals surface area contributed by atoms with E-state index in [1.807, 2.05) is 6.92 Å². The summed E-state index contributed by atoms with van der Waals surface area (Å²) >= 11 is 1.79. The van der Waals surface area contributed by atoms with E-state index >= 15 is 0 Å². The predicted octanol–water partition coefficient (Wildman–Crippen LogP) is 2.97. The van der Waals surface area contributed by atoms with Crippen LogP contribution >= 0.6 is 11.8 Å². The minimum absolute atomic E-state index is 0.0424. The molecule has 0 aromatic heterocycles. The molecule has 0 saturated heterocycles. The summed E-state index contributed by atoms with van der Waals surface area (Å²) in [5, 5.41) is 14.0. The van der Waals surface area contributed by atoms with Crippen LogP contribution in [0.3, 0.4) is 0 Å². The van der Waals surface area contributed by atoms with Crippen LogP contribution in [-0.2, 0) is 6.54 Å². The lowest BCUT2D eigenvalue weighted by molar-refractivity contribution is -0.385. The van der Waals surface area contributed by atoms with Crippen LogP contribution < -0.4 is 5.32 Å². The van der Waals surface area contributed by atoms with Crippen LogP contribution in [-0.4, -0.2) is 22.5 Å². The van der Waals surface area contributed by atoms with Gasteiger partial charge in [-0.15, -0.1) is 0 Å². The molecule has 6 heteroatoms. The van der Waals surface area contributed by atoms with E-state index < -0.39 is 10.7 Å². The quantitative estimate of drug-likeness (QED) is 0.612. The zero-order chi connectivity index (χ0) is 13.5. The third kappa shape index (κ3) is 4.62. The molecular weight excluding hydrogens is 255 g/mol. The number of benzene rings is 1. The van der Waals surface area contributed by atoms with Crippen molar-refractivity contribution in [1.29, 1.82) is 0 Å². The number of rotatable bonds is 7. The van der Waals surface area contributed by atoms with Gasteiger partial charge in [0.2, 0.25) is 0 Å². The van der Waals surface area contributed by atoms with Gasteiger partial charge in [-0.3, -0.25) is 10.1 Å². The molecule has 1 rings (SSSR count). The average Bonchev–Trinajstić information content (AvgIpc) is 2.33. The van der Waals surface area contributed by atoms with Gasteiger partial charge in [0.1, 0.15) is 5.82 Å². The SMILES string of the molecule is CCSCC(C)NCc1cc(F)ccc1[N+](=O)[O-]. The van der Waals surface area contributed by atoms with Gasteiger partial charge < -0.3 is 5.32 Å². The first-order valence-electron chi connectivity index (χ1n) is 5.78. The molecule has 0 aliphatic carbocycles. The highest BCUT2D eigenvalue weighted by atomic mass is 32.2. The molecule has 1 aromatic carbocycles. The number of hydrogen-bond donors (Lipinski definition) is 1. The zero-order valence-electron chi connectivity index (χ0n) is 10.5. The number of nitro groups is 1. The summed E-state index contributed by atoms with van der Waals surface area (Å²) in [6, 6.07) is 3.76. The lowest BCUT2D eigenvalue weighted by atomic mass is 10.1. The molecular formula is C12H17FN2O2S. The van der Waals surface area contributed by atoms with Crippen molar-refractivity contribution in [2.45, 2.75) is 26.4 Å². The van der Waals surface area contributed by atoms with Crippen LogP contribution in [0.15, 0.2) is 18.2 Å². The van der Waals surface area contributed by atoms with E-state index in [0.29, 0.717) is 12.1 Å². The fourth-order valence-corrected chi connectivity index (χ4v) is 2.22. The summed E-state index contributed by atoms with van der Waals surface area (Å²) in [5.41, 5.74) is 0.340. The van der Waals surface area contributed by atoms with Crippen molar-refractivity contribution in [3.05, 3.63) is 39.7 Å². The van der Waals surface area contributed by atoms with E-state index in [1.54, 1.807) is 11.8 Å². The Morgan fingerprint density at radius 3 is 2.89 bits per heavy atom. The summed E-state index contributed by atoms with van der Waals surface area (Å²) in [7, 11) is 0. The predicted molar refractivity (Wildman–Crippen MR) is 72.4 cm³/mol. The fourth-order valence-electron chi connectivity index (χ4n) is 1.51. The average molecular weight is 272 g/mol. The van der Waals surface area contributed by atoms with Crippen molar-refractivity contribution in [3.8, 4) is 0 Å². The van der Waals surface area contributed by atoms with Gasteiger partial charge in [-0.1, -0.05) is 6.92 Å². The molecule has 0 radical (unpaired) electrons. The van der Waals surface area contributed by atoms with E-state index in [0.717, 1.165) is 17.6 Å². The number of nitrogens with one attached hydrogen (secondary N) is 1. The first-order valence-corrected chi connectivity index (χ1v) is 6.94. The second kappa shape index (κ2) is 7.33. The molecule has 0 bridgehead atoms. The largest absolute Gasteiger partial charge is 0.309 e. The maximum Gasteiger partial charge on any atom is 0.274 e. The summed E-state index contributed by atoms with van der Waals surface area (Å²) in [4.78, 5) is 10.3. The lowest BCUT2D eigenvalue weighted by Gasteiger charge is -2.13. The van der Waals surface area contributed by atoms with Gasteiger partial charge in [-0.25, -0.2) is 4.39 Å². The van der Waals surface area contributed by atoms with Crippen LogP contribution in [0, 0.1) is 15.9 Å². The number of thioether (sulfide) groups is 1. The smallest absolute Gasteiger partial charge is 0.274 e. The Morgan fingerprint density at radius 1 is 1.56 bits per heavy atom. The molecule has 0 saturated carbocycles. The lowest BCUT2D eigenvalue weighted by Crippen LogP contribution is -2.28. The van der Waals surface area contributed by atoms with Gasteiger partial charge in [0.15, 0.2) is 0 Å². The van der Waals surface area contributed by atoms with Crippen molar-refractivity contribution in [2.75, 3.05) is 11.5 Å². The molecule has 18 heavy (non-hydrogen) atoms. The van der Waals surface area contributed by atoms with Crippen LogP contribution in [0.25, 0.3) is 0 Å². The number of halogens is 1. The van der Waals surface area contributed by atoms with Gasteiger partial charge in [0.25, 0.3) is 5.69 Å². The minimum atomic E-state index is -0.484. The van der Waals surface area contributed by atoms with Crippen molar-refractivity contribution in [1.82, 2.24) is 5.32 Å². The van der Waals surface area contributed by atoms with Gasteiger partial charge >= 0.3 is 0 Å². The van der Waals surface area contributed by atoms with Gasteiger partial charge in [0, 0.05) is 30.0 Å². The fraction of sp³-hybridized carbons (Fsp3) is 0.500. The van der Waals surface area contributed by atoms with Gasteiger partial charge in [-0.2, -0.15) is 11.8 Å². The van der Waals surface area contributed by atoms with Crippen molar-refractivity contribution in [2.24, 2.45) is 0 Å². The third-order valence-corrected chi connectivity index (χ3v) is 3.60. The summed E-state index contributed by atoms with van der Waals surface area (Å²) in [6.07, 6.45) is 0. The molecule has 4 nitrogen and oxygen atoms in total. The van der Waals surface area contributed by atoms with E-state index in [9.17, 15) is 14.5 Å². The molecule has 1 N–H and O–H groups in total. The van der Waals surface area contributed by atoms with Gasteiger partial charge in [-0.05, 0) is 24.8 Å². The Balaban J connectivity index is 2.65. The third-order valence-electron chi connectivity index (χ3n) is 2.45. The Kier molecular flexibility index (Phi) is 6.07. The second-order valence-electron chi connectivity index (χ2n) is 3.97. The van der Waals surface area contributed by atoms with E-state index in [2.05, 4.69) is 12.2 Å². The Bertz CT molecular complexity index is 415. The highest BCUT2D eigenvalue weighted by molar-refractivity contribution is 7.99. The van der Waals surface area contributed by atoms with Crippen LogP contribution in [0.2, 0.25) is 0 Å². The van der Waals surface area contributed by atoms with E-state index in [1.165, 1.54) is 12.1 Å². The first kappa shape index (κ1) is 14.9. The molecule has 0 fully saturated rings. The number of hydrogen-bond acceptors (Lipinski definition) is 4. The second-order valence-corrected chi connectivity index (χ2v) is 5.29. The maximum atomic E-state index is 13.1. The summed E-state index contributed by atoms with van der Waals surface area (Å²) in [6.45, 7) is 4.39. The summed E-state index contributed by atoms with van der Waals surface area (Å²) < 4.78 is 13.1. The number of nitro benzene ring substituents is 1. The Hall–Kier alpha value is -1.14. The minimum Gasteiger partial charge on any atom is -0.309 e. The Morgan fingerprint density at radius 2 is 2.28 bits per heavy atom. The molecule has 1 atom stereocenters. The molecule has 0 amide bonds. The zero-order valence-corrected chi connectivity index (χ0v) is 11.3. The Labute approximate surface area is 110 Å². The molecule has 0 aliphatic rings.